The highest BCUT2D eigenvalue weighted by Gasteiger charge is 2.29. The highest BCUT2D eigenvalue weighted by Crippen LogP contribution is 2.18. The topological polar surface area (TPSA) is 55.4 Å². The monoisotopic (exact) mass is 185 g/mol. The van der Waals surface area contributed by atoms with E-state index in [1.54, 1.807) is 6.92 Å². The predicted molar refractivity (Wildman–Crippen MR) is 47.0 cm³/mol. The molecule has 1 fully saturated rings. The summed E-state index contributed by atoms with van der Waals surface area (Å²) >= 11 is 0. The SMILES string of the molecule is CCOC(=O)C1CC(=O)NC(C)C1. The number of carbonyl (C=O) groups is 2. The molecule has 1 aliphatic rings. The van der Waals surface area contributed by atoms with Crippen LogP contribution in [0, 0.1) is 5.92 Å². The summed E-state index contributed by atoms with van der Waals surface area (Å²) < 4.78 is 4.86. The van der Waals surface area contributed by atoms with E-state index in [2.05, 4.69) is 5.32 Å². The van der Waals surface area contributed by atoms with Crippen molar-refractivity contribution in [3.8, 4) is 0 Å². The minimum Gasteiger partial charge on any atom is -0.466 e. The zero-order valence-electron chi connectivity index (χ0n) is 8.00. The molecule has 2 unspecified atom stereocenters. The minimum absolute atomic E-state index is 0.0585. The summed E-state index contributed by atoms with van der Waals surface area (Å²) in [6.45, 7) is 4.04. The van der Waals surface area contributed by atoms with Crippen molar-refractivity contribution >= 4 is 11.9 Å². The average molecular weight is 185 g/mol. The Morgan fingerprint density at radius 2 is 2.38 bits per heavy atom. The van der Waals surface area contributed by atoms with Crippen molar-refractivity contribution in [3.63, 3.8) is 0 Å². The molecule has 0 aromatic carbocycles. The molecule has 1 amide bonds. The molecule has 0 aliphatic carbocycles. The van der Waals surface area contributed by atoms with Gasteiger partial charge in [0.2, 0.25) is 5.91 Å². The lowest BCUT2D eigenvalue weighted by atomic mass is 9.93. The third-order valence-electron chi connectivity index (χ3n) is 2.10. The molecule has 0 saturated carbocycles. The third kappa shape index (κ3) is 2.72. The molecule has 2 atom stereocenters. The number of carbonyl (C=O) groups excluding carboxylic acids is 2. The first kappa shape index (κ1) is 10.0. The maximum Gasteiger partial charge on any atom is 0.309 e. The molecule has 1 saturated heterocycles. The Morgan fingerprint density at radius 1 is 1.69 bits per heavy atom. The second-order valence-electron chi connectivity index (χ2n) is 3.36. The van der Waals surface area contributed by atoms with Crippen molar-refractivity contribution in [2.45, 2.75) is 32.7 Å². The number of ether oxygens (including phenoxy) is 1. The summed E-state index contributed by atoms with van der Waals surface area (Å²) in [6.07, 6.45) is 0.952. The number of amides is 1. The van der Waals surface area contributed by atoms with Crippen molar-refractivity contribution in [2.75, 3.05) is 6.61 Å². The second kappa shape index (κ2) is 4.25. The van der Waals surface area contributed by atoms with E-state index in [0.717, 1.165) is 0 Å². The summed E-state index contributed by atoms with van der Waals surface area (Å²) in [5.41, 5.74) is 0. The van der Waals surface area contributed by atoms with E-state index in [-0.39, 0.29) is 30.3 Å². The van der Waals surface area contributed by atoms with Crippen molar-refractivity contribution < 1.29 is 14.3 Å². The molecule has 0 aromatic rings. The highest BCUT2D eigenvalue weighted by molar-refractivity contribution is 5.84. The molecule has 1 aliphatic heterocycles. The molecule has 0 spiro atoms. The van der Waals surface area contributed by atoms with Gasteiger partial charge >= 0.3 is 5.97 Å². The molecule has 13 heavy (non-hydrogen) atoms. The summed E-state index contributed by atoms with van der Waals surface area (Å²) in [5, 5.41) is 2.76. The van der Waals surface area contributed by atoms with Gasteiger partial charge in [0.1, 0.15) is 0 Å². The standard InChI is InChI=1S/C9H15NO3/c1-3-13-9(12)7-4-6(2)10-8(11)5-7/h6-7H,3-5H2,1-2H3,(H,10,11). The van der Waals surface area contributed by atoms with Crippen LogP contribution >= 0.6 is 0 Å². The third-order valence-corrected chi connectivity index (χ3v) is 2.10. The quantitative estimate of drug-likeness (QED) is 0.636. The first-order valence-electron chi connectivity index (χ1n) is 4.59. The van der Waals surface area contributed by atoms with Crippen LogP contribution in [0.4, 0.5) is 0 Å². The first-order valence-corrected chi connectivity index (χ1v) is 4.59. The molecule has 1 N–H and O–H groups in total. The lowest BCUT2D eigenvalue weighted by Gasteiger charge is -2.25. The van der Waals surface area contributed by atoms with Gasteiger partial charge < -0.3 is 10.1 Å². The van der Waals surface area contributed by atoms with Crippen LogP contribution in [0.3, 0.4) is 0 Å². The molecule has 4 nitrogen and oxygen atoms in total. The maximum absolute atomic E-state index is 11.3. The van der Waals surface area contributed by atoms with Crippen LogP contribution in [-0.4, -0.2) is 24.5 Å². The Balaban J connectivity index is 2.49. The van der Waals surface area contributed by atoms with Crippen LogP contribution in [0.2, 0.25) is 0 Å². The van der Waals surface area contributed by atoms with E-state index >= 15 is 0 Å². The normalized spacial score (nSPS) is 28.0. The lowest BCUT2D eigenvalue weighted by Crippen LogP contribution is -2.43. The molecule has 0 aromatic heterocycles. The van der Waals surface area contributed by atoms with Crippen LogP contribution in [0.15, 0.2) is 0 Å². The minimum atomic E-state index is -0.247. The number of piperidine rings is 1. The fourth-order valence-electron chi connectivity index (χ4n) is 1.57. The van der Waals surface area contributed by atoms with Gasteiger partial charge in [-0.2, -0.15) is 0 Å². The number of hydrogen-bond acceptors (Lipinski definition) is 3. The van der Waals surface area contributed by atoms with E-state index in [4.69, 9.17) is 4.74 Å². The second-order valence-corrected chi connectivity index (χ2v) is 3.36. The number of esters is 1. The van der Waals surface area contributed by atoms with Gasteiger partial charge in [0.05, 0.1) is 12.5 Å². The van der Waals surface area contributed by atoms with Crippen LogP contribution in [0.25, 0.3) is 0 Å². The Morgan fingerprint density at radius 3 is 2.92 bits per heavy atom. The maximum atomic E-state index is 11.3. The van der Waals surface area contributed by atoms with Crippen LogP contribution < -0.4 is 5.32 Å². The summed E-state index contributed by atoms with van der Waals surface area (Å²) in [7, 11) is 0. The zero-order valence-corrected chi connectivity index (χ0v) is 8.00. The first-order chi connectivity index (χ1) is 6.13. The fraction of sp³-hybridized carbons (Fsp3) is 0.778. The molecule has 1 rings (SSSR count). The highest BCUT2D eigenvalue weighted by atomic mass is 16.5. The predicted octanol–water partition coefficient (Wildman–Crippen LogP) is 0.464. The molecule has 4 heteroatoms. The number of nitrogens with one attached hydrogen (secondary N) is 1. The molecule has 1 heterocycles. The van der Waals surface area contributed by atoms with Crippen LogP contribution in [0.5, 0.6) is 0 Å². The Labute approximate surface area is 77.6 Å². The lowest BCUT2D eigenvalue weighted by molar-refractivity contribution is -0.151. The van der Waals surface area contributed by atoms with Crippen molar-refractivity contribution in [3.05, 3.63) is 0 Å². The molecule has 0 radical (unpaired) electrons. The number of rotatable bonds is 2. The largest absolute Gasteiger partial charge is 0.466 e. The van der Waals surface area contributed by atoms with Crippen molar-refractivity contribution in [1.29, 1.82) is 0 Å². The van der Waals surface area contributed by atoms with Crippen molar-refractivity contribution in [2.24, 2.45) is 5.92 Å². The van der Waals surface area contributed by atoms with Gasteiger partial charge in [-0.05, 0) is 20.3 Å². The Hall–Kier alpha value is -1.06. The van der Waals surface area contributed by atoms with Crippen molar-refractivity contribution in [1.82, 2.24) is 5.32 Å². The molecule has 0 bridgehead atoms. The van der Waals surface area contributed by atoms with Gasteiger partial charge in [0, 0.05) is 12.5 Å². The van der Waals surface area contributed by atoms with Crippen LogP contribution in [-0.2, 0) is 14.3 Å². The molecular weight excluding hydrogens is 170 g/mol. The van der Waals surface area contributed by atoms with Gasteiger partial charge in [-0.25, -0.2) is 0 Å². The average Bonchev–Trinajstić information content (AvgIpc) is 2.03. The Bertz CT molecular complexity index is 215. The smallest absolute Gasteiger partial charge is 0.309 e. The van der Waals surface area contributed by atoms with E-state index in [1.165, 1.54) is 0 Å². The van der Waals surface area contributed by atoms with E-state index in [9.17, 15) is 9.59 Å². The summed E-state index contributed by atoms with van der Waals surface area (Å²) in [4.78, 5) is 22.4. The van der Waals surface area contributed by atoms with Gasteiger partial charge in [0.25, 0.3) is 0 Å². The molecular formula is C9H15NO3. The van der Waals surface area contributed by atoms with Gasteiger partial charge in [-0.15, -0.1) is 0 Å². The Kier molecular flexibility index (Phi) is 3.28. The van der Waals surface area contributed by atoms with Crippen LogP contribution in [0.1, 0.15) is 26.7 Å². The van der Waals surface area contributed by atoms with Gasteiger partial charge in [-0.3, -0.25) is 9.59 Å². The van der Waals surface area contributed by atoms with Gasteiger partial charge in [0.15, 0.2) is 0 Å². The van der Waals surface area contributed by atoms with Gasteiger partial charge in [-0.1, -0.05) is 0 Å². The summed E-state index contributed by atoms with van der Waals surface area (Å²) in [6, 6.07) is 0.0793. The fourth-order valence-corrected chi connectivity index (χ4v) is 1.57. The summed E-state index contributed by atoms with van der Waals surface area (Å²) in [5.74, 6) is -0.551. The number of hydrogen-bond donors (Lipinski definition) is 1. The molecule has 74 valence electrons. The van der Waals surface area contributed by atoms with E-state index in [1.807, 2.05) is 6.92 Å². The van der Waals surface area contributed by atoms with E-state index in [0.29, 0.717) is 13.0 Å². The zero-order chi connectivity index (χ0) is 9.84. The van der Waals surface area contributed by atoms with E-state index < -0.39 is 0 Å².